The summed E-state index contributed by atoms with van der Waals surface area (Å²) in [6.07, 6.45) is 0. The van der Waals surface area contributed by atoms with Gasteiger partial charge in [-0.2, -0.15) is 5.10 Å². The lowest BCUT2D eigenvalue weighted by Crippen LogP contribution is -2.45. The molecule has 1 fully saturated rings. The van der Waals surface area contributed by atoms with E-state index in [0.29, 0.717) is 18.3 Å². The molecule has 0 amide bonds. The lowest BCUT2D eigenvalue weighted by Gasteiger charge is -2.34. The zero-order chi connectivity index (χ0) is 20.4. The van der Waals surface area contributed by atoms with Gasteiger partial charge in [0, 0.05) is 56.6 Å². The number of piperazine rings is 1. The van der Waals surface area contributed by atoms with Gasteiger partial charge in [0.25, 0.3) is 0 Å². The number of hydrogen-bond donors (Lipinski definition) is 0. The molecule has 0 saturated carbocycles. The zero-order valence-electron chi connectivity index (χ0n) is 17.6. The van der Waals surface area contributed by atoms with Gasteiger partial charge in [-0.3, -0.25) is 14.5 Å². The number of rotatable bonds is 6. The number of aromatic nitrogens is 4. The van der Waals surface area contributed by atoms with Crippen LogP contribution in [-0.2, 0) is 20.1 Å². The molecule has 0 unspecified atom stereocenters. The highest BCUT2D eigenvalue weighted by Gasteiger charge is 2.21. The van der Waals surface area contributed by atoms with Crippen LogP contribution in [0.4, 0.5) is 0 Å². The minimum Gasteiger partial charge on any atom is -0.497 e. The summed E-state index contributed by atoms with van der Waals surface area (Å²) in [4.78, 5) is 4.86. The van der Waals surface area contributed by atoms with Crippen LogP contribution in [0.25, 0.3) is 11.5 Å². The van der Waals surface area contributed by atoms with Gasteiger partial charge in [-0.15, -0.1) is 10.2 Å². The highest BCUT2D eigenvalue weighted by molar-refractivity contribution is 5.53. The molecule has 3 heterocycles. The van der Waals surface area contributed by atoms with Gasteiger partial charge in [0.15, 0.2) is 0 Å². The summed E-state index contributed by atoms with van der Waals surface area (Å²) in [5.74, 6) is 2.01. The fourth-order valence-corrected chi connectivity index (χ4v) is 3.73. The van der Waals surface area contributed by atoms with Crippen LogP contribution in [0.15, 0.2) is 28.7 Å². The molecular formula is C21H28N6O2. The molecule has 0 aliphatic carbocycles. The van der Waals surface area contributed by atoms with Crippen LogP contribution in [0, 0.1) is 13.8 Å². The molecule has 1 aliphatic heterocycles. The molecule has 0 spiro atoms. The summed E-state index contributed by atoms with van der Waals surface area (Å²) >= 11 is 0. The first-order valence-corrected chi connectivity index (χ1v) is 9.94. The van der Waals surface area contributed by atoms with Crippen molar-refractivity contribution in [2.45, 2.75) is 26.9 Å². The van der Waals surface area contributed by atoms with E-state index in [9.17, 15) is 0 Å². The molecule has 0 bridgehead atoms. The van der Waals surface area contributed by atoms with Crippen molar-refractivity contribution in [1.82, 2.24) is 29.8 Å². The summed E-state index contributed by atoms with van der Waals surface area (Å²) in [6, 6.07) is 7.64. The minimum atomic E-state index is 0.545. The van der Waals surface area contributed by atoms with E-state index in [0.717, 1.165) is 49.7 Å². The largest absolute Gasteiger partial charge is 0.497 e. The van der Waals surface area contributed by atoms with E-state index >= 15 is 0 Å². The van der Waals surface area contributed by atoms with Gasteiger partial charge in [-0.05, 0) is 38.1 Å². The lowest BCUT2D eigenvalue weighted by molar-refractivity contribution is 0.114. The maximum atomic E-state index is 5.87. The fraction of sp³-hybridized carbons (Fsp3) is 0.476. The molecule has 0 atom stereocenters. The van der Waals surface area contributed by atoms with Gasteiger partial charge in [0.05, 0.1) is 19.3 Å². The third-order valence-corrected chi connectivity index (χ3v) is 5.67. The Morgan fingerprint density at radius 3 is 2.21 bits per heavy atom. The average molecular weight is 396 g/mol. The maximum absolute atomic E-state index is 5.87. The molecule has 1 saturated heterocycles. The lowest BCUT2D eigenvalue weighted by atomic mass is 10.1. The molecule has 8 heteroatoms. The van der Waals surface area contributed by atoms with Gasteiger partial charge < -0.3 is 9.15 Å². The van der Waals surface area contributed by atoms with Crippen LogP contribution < -0.4 is 4.74 Å². The highest BCUT2D eigenvalue weighted by atomic mass is 16.5. The summed E-state index contributed by atoms with van der Waals surface area (Å²) in [5, 5.41) is 13.0. The predicted octanol–water partition coefficient (Wildman–Crippen LogP) is 2.41. The van der Waals surface area contributed by atoms with Crippen LogP contribution in [0.2, 0.25) is 0 Å². The first-order chi connectivity index (χ1) is 14.0. The fourth-order valence-electron chi connectivity index (χ4n) is 3.73. The Hall–Kier alpha value is -2.71. The smallest absolute Gasteiger partial charge is 0.247 e. The van der Waals surface area contributed by atoms with Gasteiger partial charge in [-0.1, -0.05) is 0 Å². The van der Waals surface area contributed by atoms with E-state index in [1.54, 1.807) is 7.11 Å². The third-order valence-electron chi connectivity index (χ3n) is 5.67. The van der Waals surface area contributed by atoms with Gasteiger partial charge in [0.2, 0.25) is 11.8 Å². The number of benzene rings is 1. The Morgan fingerprint density at radius 1 is 0.966 bits per heavy atom. The Labute approximate surface area is 171 Å². The second-order valence-corrected chi connectivity index (χ2v) is 7.55. The monoisotopic (exact) mass is 396 g/mol. The number of aryl methyl sites for hydroxylation is 2. The van der Waals surface area contributed by atoms with E-state index in [4.69, 9.17) is 9.15 Å². The molecule has 154 valence electrons. The van der Waals surface area contributed by atoms with Crippen molar-refractivity contribution in [1.29, 1.82) is 0 Å². The quantitative estimate of drug-likeness (QED) is 0.633. The van der Waals surface area contributed by atoms with Crippen LogP contribution in [0.1, 0.15) is 22.8 Å². The number of hydrogen-bond acceptors (Lipinski definition) is 7. The molecule has 4 rings (SSSR count). The summed E-state index contributed by atoms with van der Waals surface area (Å²) in [5.41, 5.74) is 4.63. The molecule has 3 aromatic rings. The Bertz CT molecular complexity index is 954. The third kappa shape index (κ3) is 4.33. The average Bonchev–Trinajstić information content (AvgIpc) is 3.29. The van der Waals surface area contributed by atoms with Gasteiger partial charge in [0.1, 0.15) is 5.75 Å². The van der Waals surface area contributed by atoms with Crippen molar-refractivity contribution < 1.29 is 9.15 Å². The summed E-state index contributed by atoms with van der Waals surface area (Å²) in [7, 11) is 3.66. The standard InChI is InChI=1S/C21H28N6O2/c1-15-19(16(2)25(3)24-15)13-26-9-11-27(12-10-26)14-20-22-23-21(29-20)17-5-7-18(28-4)8-6-17/h5-8H,9-14H2,1-4H3. The van der Waals surface area contributed by atoms with Crippen LogP contribution in [-0.4, -0.2) is 63.1 Å². The van der Waals surface area contributed by atoms with Gasteiger partial charge in [-0.25, -0.2) is 0 Å². The van der Waals surface area contributed by atoms with Crippen molar-refractivity contribution >= 4 is 0 Å². The first kappa shape index (κ1) is 19.6. The second kappa shape index (κ2) is 8.34. The van der Waals surface area contributed by atoms with Crippen molar-refractivity contribution in [2.24, 2.45) is 7.05 Å². The van der Waals surface area contributed by atoms with Crippen LogP contribution in [0.5, 0.6) is 5.75 Å². The topological polar surface area (TPSA) is 72.5 Å². The van der Waals surface area contributed by atoms with Crippen molar-refractivity contribution in [3.63, 3.8) is 0 Å². The minimum absolute atomic E-state index is 0.545. The summed E-state index contributed by atoms with van der Waals surface area (Å²) < 4.78 is 13.0. The molecule has 1 aliphatic rings. The van der Waals surface area contributed by atoms with Crippen LogP contribution in [0.3, 0.4) is 0 Å². The van der Waals surface area contributed by atoms with E-state index in [1.165, 1.54) is 11.3 Å². The number of methoxy groups -OCH3 is 1. The second-order valence-electron chi connectivity index (χ2n) is 7.55. The maximum Gasteiger partial charge on any atom is 0.247 e. The summed E-state index contributed by atoms with van der Waals surface area (Å²) in [6.45, 7) is 9.89. The van der Waals surface area contributed by atoms with E-state index < -0.39 is 0 Å². The van der Waals surface area contributed by atoms with E-state index in [-0.39, 0.29) is 0 Å². The number of nitrogens with zero attached hydrogens (tertiary/aromatic N) is 6. The Kier molecular flexibility index (Phi) is 5.64. The molecular weight excluding hydrogens is 368 g/mol. The SMILES string of the molecule is COc1ccc(-c2nnc(CN3CCN(Cc4c(C)nn(C)c4C)CC3)o2)cc1. The molecule has 29 heavy (non-hydrogen) atoms. The predicted molar refractivity (Wildman–Crippen MR) is 110 cm³/mol. The first-order valence-electron chi connectivity index (χ1n) is 9.94. The molecule has 1 aromatic carbocycles. The van der Waals surface area contributed by atoms with Crippen molar-refractivity contribution in [3.05, 3.63) is 47.1 Å². The van der Waals surface area contributed by atoms with Gasteiger partial charge >= 0.3 is 0 Å². The number of ether oxygens (including phenoxy) is 1. The Morgan fingerprint density at radius 2 is 1.62 bits per heavy atom. The molecule has 2 aromatic heterocycles. The van der Waals surface area contributed by atoms with E-state index in [2.05, 4.69) is 38.9 Å². The van der Waals surface area contributed by atoms with E-state index in [1.807, 2.05) is 36.0 Å². The Balaban J connectivity index is 1.31. The molecule has 0 N–H and O–H groups in total. The normalized spacial score (nSPS) is 15.7. The zero-order valence-corrected chi connectivity index (χ0v) is 17.6. The van der Waals surface area contributed by atoms with Crippen LogP contribution >= 0.6 is 0 Å². The van der Waals surface area contributed by atoms with Crippen molar-refractivity contribution in [3.8, 4) is 17.2 Å². The molecule has 0 radical (unpaired) electrons. The molecule has 8 nitrogen and oxygen atoms in total. The highest BCUT2D eigenvalue weighted by Crippen LogP contribution is 2.22. The van der Waals surface area contributed by atoms with Crippen molar-refractivity contribution in [2.75, 3.05) is 33.3 Å².